The van der Waals surface area contributed by atoms with Crippen molar-refractivity contribution in [3.8, 4) is 5.75 Å². The van der Waals surface area contributed by atoms with E-state index in [9.17, 15) is 9.90 Å². The molecule has 0 spiro atoms. The van der Waals surface area contributed by atoms with E-state index in [1.807, 2.05) is 0 Å². The minimum absolute atomic E-state index is 0.215. The van der Waals surface area contributed by atoms with Gasteiger partial charge in [-0.25, -0.2) is 4.79 Å². The Morgan fingerprint density at radius 1 is 1.50 bits per heavy atom. The second-order valence-electron chi connectivity index (χ2n) is 3.61. The van der Waals surface area contributed by atoms with Crippen LogP contribution in [-0.2, 0) is 16.0 Å². The highest BCUT2D eigenvalue weighted by Gasteiger charge is 2.18. The summed E-state index contributed by atoms with van der Waals surface area (Å²) in [5.74, 6) is -0.750. The molecule has 0 aromatic heterocycles. The van der Waals surface area contributed by atoms with E-state index in [0.29, 0.717) is 13.0 Å². The Labute approximate surface area is 94.5 Å². The number of ether oxygens (including phenoxy) is 1. The second kappa shape index (κ2) is 5.51. The van der Waals surface area contributed by atoms with Crippen molar-refractivity contribution in [3.05, 3.63) is 29.3 Å². The van der Waals surface area contributed by atoms with Gasteiger partial charge in [0.2, 0.25) is 0 Å². The van der Waals surface area contributed by atoms with Crippen LogP contribution in [0.25, 0.3) is 0 Å². The molecule has 16 heavy (non-hydrogen) atoms. The normalized spacial score (nSPS) is 12.4. The molecule has 0 saturated carbocycles. The summed E-state index contributed by atoms with van der Waals surface area (Å²) in [6, 6.07) is 5.04. The van der Waals surface area contributed by atoms with Gasteiger partial charge in [0.15, 0.2) is 6.10 Å². The molecule has 1 unspecified atom stereocenters. The lowest BCUT2D eigenvalue weighted by Crippen LogP contribution is -2.26. The van der Waals surface area contributed by atoms with E-state index in [1.54, 1.807) is 32.0 Å². The van der Waals surface area contributed by atoms with Crippen LogP contribution >= 0.6 is 0 Å². The van der Waals surface area contributed by atoms with Crippen molar-refractivity contribution < 1.29 is 19.7 Å². The van der Waals surface area contributed by atoms with Crippen molar-refractivity contribution in [1.82, 2.24) is 0 Å². The highest BCUT2D eigenvalue weighted by molar-refractivity contribution is 5.72. The fourth-order valence-corrected chi connectivity index (χ4v) is 1.48. The molecule has 0 heterocycles. The fraction of sp³-hybridized carbons (Fsp3) is 0.417. The maximum atomic E-state index is 10.9. The van der Waals surface area contributed by atoms with Crippen molar-refractivity contribution >= 4 is 5.97 Å². The lowest BCUT2D eigenvalue weighted by molar-refractivity contribution is -0.149. The quantitative estimate of drug-likeness (QED) is 0.799. The van der Waals surface area contributed by atoms with Gasteiger partial charge >= 0.3 is 5.97 Å². The Morgan fingerprint density at radius 2 is 2.19 bits per heavy atom. The number of carboxylic acids is 1. The Bertz CT molecular complexity index is 373. The van der Waals surface area contributed by atoms with Crippen molar-refractivity contribution in [2.45, 2.75) is 26.4 Å². The van der Waals surface area contributed by atoms with E-state index < -0.39 is 12.1 Å². The van der Waals surface area contributed by atoms with Crippen LogP contribution in [0.1, 0.15) is 18.1 Å². The molecule has 0 bridgehead atoms. The van der Waals surface area contributed by atoms with Crippen LogP contribution in [-0.4, -0.2) is 28.9 Å². The molecule has 0 aliphatic heterocycles. The molecule has 1 atom stereocenters. The van der Waals surface area contributed by atoms with Gasteiger partial charge in [0.1, 0.15) is 5.75 Å². The first-order valence-electron chi connectivity index (χ1n) is 5.17. The number of hydrogen-bond donors (Lipinski definition) is 2. The van der Waals surface area contributed by atoms with Crippen LogP contribution in [0.5, 0.6) is 5.75 Å². The Balaban J connectivity index is 2.77. The summed E-state index contributed by atoms with van der Waals surface area (Å²) in [7, 11) is 0. The monoisotopic (exact) mass is 224 g/mol. The summed E-state index contributed by atoms with van der Waals surface area (Å²) < 4.78 is 5.12. The maximum absolute atomic E-state index is 10.9. The highest BCUT2D eigenvalue weighted by Crippen LogP contribution is 2.18. The smallest absolute Gasteiger partial charge is 0.333 e. The number of carboxylic acid groups (broad SMARTS) is 1. The van der Waals surface area contributed by atoms with E-state index in [0.717, 1.165) is 11.1 Å². The van der Waals surface area contributed by atoms with Crippen LogP contribution in [0, 0.1) is 6.92 Å². The molecule has 1 aromatic rings. The maximum Gasteiger partial charge on any atom is 0.333 e. The summed E-state index contributed by atoms with van der Waals surface area (Å²) in [6.45, 7) is 3.90. The lowest BCUT2D eigenvalue weighted by Gasteiger charge is -2.12. The number of phenolic OH excluding ortho intramolecular Hbond substituents is 1. The summed E-state index contributed by atoms with van der Waals surface area (Å²) in [4.78, 5) is 10.9. The van der Waals surface area contributed by atoms with Crippen molar-refractivity contribution in [2.75, 3.05) is 6.61 Å². The predicted octanol–water partition coefficient (Wildman–Crippen LogP) is 1.73. The largest absolute Gasteiger partial charge is 0.508 e. The van der Waals surface area contributed by atoms with E-state index in [4.69, 9.17) is 9.84 Å². The van der Waals surface area contributed by atoms with E-state index in [-0.39, 0.29) is 5.75 Å². The van der Waals surface area contributed by atoms with Crippen molar-refractivity contribution in [3.63, 3.8) is 0 Å². The van der Waals surface area contributed by atoms with Gasteiger partial charge in [-0.15, -0.1) is 0 Å². The molecule has 0 fully saturated rings. The number of rotatable bonds is 5. The standard InChI is InChI=1S/C12H16O4/c1-3-16-11(12(14)15)7-9-4-5-10(13)8(2)6-9/h4-6,11,13H,3,7H2,1-2H3,(H,14,15). The van der Waals surface area contributed by atoms with Gasteiger partial charge in [0.25, 0.3) is 0 Å². The third-order valence-electron chi connectivity index (χ3n) is 2.33. The second-order valence-corrected chi connectivity index (χ2v) is 3.61. The molecule has 1 aromatic carbocycles. The van der Waals surface area contributed by atoms with Gasteiger partial charge in [-0.2, -0.15) is 0 Å². The van der Waals surface area contributed by atoms with Crippen LogP contribution in [0.15, 0.2) is 18.2 Å². The van der Waals surface area contributed by atoms with Crippen LogP contribution < -0.4 is 0 Å². The Kier molecular flexibility index (Phi) is 4.31. The van der Waals surface area contributed by atoms with E-state index in [2.05, 4.69) is 0 Å². The minimum atomic E-state index is -0.965. The zero-order valence-corrected chi connectivity index (χ0v) is 9.43. The molecular formula is C12H16O4. The van der Waals surface area contributed by atoms with Gasteiger partial charge < -0.3 is 14.9 Å². The Morgan fingerprint density at radius 3 is 2.69 bits per heavy atom. The number of phenols is 1. The molecule has 0 aliphatic carbocycles. The number of aromatic hydroxyl groups is 1. The van der Waals surface area contributed by atoms with Crippen LogP contribution in [0.3, 0.4) is 0 Å². The average Bonchev–Trinajstić information content (AvgIpc) is 2.22. The van der Waals surface area contributed by atoms with Gasteiger partial charge in [-0.1, -0.05) is 12.1 Å². The molecule has 4 nitrogen and oxygen atoms in total. The molecule has 0 saturated heterocycles. The zero-order valence-electron chi connectivity index (χ0n) is 9.43. The van der Waals surface area contributed by atoms with Gasteiger partial charge in [-0.05, 0) is 31.0 Å². The molecule has 0 radical (unpaired) electrons. The summed E-state index contributed by atoms with van der Waals surface area (Å²) in [5.41, 5.74) is 1.58. The topological polar surface area (TPSA) is 66.8 Å². The number of carbonyl (C=O) groups is 1. The molecule has 0 amide bonds. The fourth-order valence-electron chi connectivity index (χ4n) is 1.48. The number of hydrogen-bond acceptors (Lipinski definition) is 3. The summed E-state index contributed by atoms with van der Waals surface area (Å²) >= 11 is 0. The molecule has 88 valence electrons. The highest BCUT2D eigenvalue weighted by atomic mass is 16.5. The van der Waals surface area contributed by atoms with Gasteiger partial charge in [-0.3, -0.25) is 0 Å². The number of aryl methyl sites for hydroxylation is 1. The molecular weight excluding hydrogens is 208 g/mol. The van der Waals surface area contributed by atoms with Gasteiger partial charge in [0, 0.05) is 13.0 Å². The number of benzene rings is 1. The van der Waals surface area contributed by atoms with Crippen molar-refractivity contribution in [2.24, 2.45) is 0 Å². The zero-order chi connectivity index (χ0) is 12.1. The predicted molar refractivity (Wildman–Crippen MR) is 59.6 cm³/mol. The first-order chi connectivity index (χ1) is 7.54. The van der Waals surface area contributed by atoms with Crippen molar-refractivity contribution in [1.29, 1.82) is 0 Å². The minimum Gasteiger partial charge on any atom is -0.508 e. The third-order valence-corrected chi connectivity index (χ3v) is 2.33. The van der Waals surface area contributed by atoms with Crippen LogP contribution in [0.4, 0.5) is 0 Å². The first kappa shape index (κ1) is 12.5. The van der Waals surface area contributed by atoms with Gasteiger partial charge in [0.05, 0.1) is 0 Å². The Hall–Kier alpha value is -1.55. The SMILES string of the molecule is CCOC(Cc1ccc(O)c(C)c1)C(=O)O. The molecule has 2 N–H and O–H groups in total. The third kappa shape index (κ3) is 3.24. The lowest BCUT2D eigenvalue weighted by atomic mass is 10.0. The molecule has 0 aliphatic rings. The molecule has 1 rings (SSSR count). The van der Waals surface area contributed by atoms with E-state index >= 15 is 0 Å². The summed E-state index contributed by atoms with van der Waals surface area (Å²) in [6.07, 6.45) is -0.515. The van der Waals surface area contributed by atoms with E-state index in [1.165, 1.54) is 0 Å². The summed E-state index contributed by atoms with van der Waals surface area (Å²) in [5, 5.41) is 18.3. The number of aliphatic carboxylic acids is 1. The average molecular weight is 224 g/mol. The van der Waals surface area contributed by atoms with Crippen LogP contribution in [0.2, 0.25) is 0 Å². The molecule has 4 heteroatoms. The first-order valence-corrected chi connectivity index (χ1v) is 5.17.